The van der Waals surface area contributed by atoms with E-state index in [1.165, 1.54) is 0 Å². The van der Waals surface area contributed by atoms with Crippen LogP contribution in [-0.4, -0.2) is 12.5 Å². The van der Waals surface area contributed by atoms with Crippen molar-refractivity contribution in [1.29, 1.82) is 0 Å². The Morgan fingerprint density at radius 1 is 1.57 bits per heavy atom. The first-order chi connectivity index (χ1) is 2.77. The van der Waals surface area contributed by atoms with Crippen LogP contribution >= 0.6 is 0 Å². The first kappa shape index (κ1) is 10.1. The van der Waals surface area contributed by atoms with E-state index in [0.29, 0.717) is 0 Å². The SMILES string of the molecule is CC(C)N[C-]=O.[V]. The number of amides is 1. The molecule has 0 bridgehead atoms. The molecule has 0 aliphatic rings. The topological polar surface area (TPSA) is 29.1 Å². The number of rotatable bonds is 2. The summed E-state index contributed by atoms with van der Waals surface area (Å²) in [6, 6.07) is 0.225. The largest absolute Gasteiger partial charge is 0.528 e. The van der Waals surface area contributed by atoms with E-state index in [9.17, 15) is 4.79 Å². The van der Waals surface area contributed by atoms with Gasteiger partial charge in [-0.3, -0.25) is 0 Å². The van der Waals surface area contributed by atoms with Crippen molar-refractivity contribution in [3.05, 3.63) is 0 Å². The van der Waals surface area contributed by atoms with Crippen LogP contribution in [-0.2, 0) is 23.4 Å². The summed E-state index contributed by atoms with van der Waals surface area (Å²) in [6.45, 7) is 3.76. The van der Waals surface area contributed by atoms with Crippen LogP contribution in [0.4, 0.5) is 0 Å². The zero-order chi connectivity index (χ0) is 4.99. The molecule has 0 rings (SSSR count). The molecule has 2 nitrogen and oxygen atoms in total. The van der Waals surface area contributed by atoms with Crippen molar-refractivity contribution in [1.82, 2.24) is 5.32 Å². The average Bonchev–Trinajstić information content (AvgIpc) is 1.35. The van der Waals surface area contributed by atoms with Gasteiger partial charge in [0.25, 0.3) is 0 Å². The maximum Gasteiger partial charge on any atom is 0 e. The van der Waals surface area contributed by atoms with Gasteiger partial charge in [0.1, 0.15) is 0 Å². The molecule has 7 heavy (non-hydrogen) atoms. The molecule has 1 N–H and O–H groups in total. The molecule has 0 aromatic heterocycles. The molecule has 0 saturated heterocycles. The van der Waals surface area contributed by atoms with Crippen LogP contribution in [0.3, 0.4) is 0 Å². The molecule has 0 aromatic rings. The van der Waals surface area contributed by atoms with Gasteiger partial charge in [-0.15, -0.1) is 0 Å². The van der Waals surface area contributed by atoms with Gasteiger partial charge in [0.05, 0.1) is 0 Å². The predicted octanol–water partition coefficient (Wildman–Crippen LogP) is 0.0491. The normalized spacial score (nSPS) is 7.29. The van der Waals surface area contributed by atoms with E-state index < -0.39 is 0 Å². The summed E-state index contributed by atoms with van der Waals surface area (Å²) in [4.78, 5) is 9.38. The zero-order valence-corrected chi connectivity index (χ0v) is 5.83. The zero-order valence-electron chi connectivity index (χ0n) is 4.43. The van der Waals surface area contributed by atoms with Gasteiger partial charge in [0.2, 0.25) is 0 Å². The molecule has 1 radical (unpaired) electrons. The molecule has 41 valence electrons. The van der Waals surface area contributed by atoms with E-state index in [4.69, 9.17) is 0 Å². The van der Waals surface area contributed by atoms with Crippen molar-refractivity contribution in [3.63, 3.8) is 0 Å². The fourth-order valence-corrected chi connectivity index (χ4v) is 0.118. The molecule has 0 spiro atoms. The van der Waals surface area contributed by atoms with E-state index in [0.717, 1.165) is 0 Å². The minimum atomic E-state index is 0. The van der Waals surface area contributed by atoms with Crippen LogP contribution in [0.5, 0.6) is 0 Å². The number of hydrogen-bond donors (Lipinski definition) is 1. The van der Waals surface area contributed by atoms with Crippen LogP contribution in [0.25, 0.3) is 0 Å². The second-order valence-electron chi connectivity index (χ2n) is 1.40. The Labute approximate surface area is 55.6 Å². The van der Waals surface area contributed by atoms with Crippen molar-refractivity contribution in [2.45, 2.75) is 19.9 Å². The van der Waals surface area contributed by atoms with Crippen molar-refractivity contribution >= 4 is 6.41 Å². The molecule has 0 heterocycles. The van der Waals surface area contributed by atoms with Crippen molar-refractivity contribution < 1.29 is 23.4 Å². The maximum atomic E-state index is 9.38. The molecular formula is C4H8NOV-. The Morgan fingerprint density at radius 2 is 2.00 bits per heavy atom. The Morgan fingerprint density at radius 3 is 2.00 bits per heavy atom. The summed E-state index contributed by atoms with van der Waals surface area (Å²) in [6.07, 6.45) is 1.57. The number of hydrogen-bond acceptors (Lipinski definition) is 1. The third-order valence-electron chi connectivity index (χ3n) is 0.348. The van der Waals surface area contributed by atoms with Gasteiger partial charge in [-0.1, -0.05) is 0 Å². The molecule has 0 unspecified atom stereocenters. The Bertz CT molecular complexity index is 47.0. The van der Waals surface area contributed by atoms with Gasteiger partial charge >= 0.3 is 0 Å². The summed E-state index contributed by atoms with van der Waals surface area (Å²) >= 11 is 0. The standard InChI is InChI=1S/C4H8NO.V/c1-4(2)5-3-6;/h4H,1-2H3,(H,5,6);/q-1;. The van der Waals surface area contributed by atoms with Crippen LogP contribution in [0.1, 0.15) is 13.8 Å². The van der Waals surface area contributed by atoms with Gasteiger partial charge in [-0.05, 0) is 19.9 Å². The maximum absolute atomic E-state index is 9.38. The molecule has 3 heteroatoms. The van der Waals surface area contributed by atoms with Crippen LogP contribution < -0.4 is 5.32 Å². The van der Waals surface area contributed by atoms with E-state index in [-0.39, 0.29) is 24.6 Å². The van der Waals surface area contributed by atoms with Crippen molar-refractivity contribution in [2.75, 3.05) is 0 Å². The van der Waals surface area contributed by atoms with Gasteiger partial charge in [-0.25, -0.2) is 0 Å². The third-order valence-corrected chi connectivity index (χ3v) is 0.348. The quantitative estimate of drug-likeness (QED) is 0.422. The monoisotopic (exact) mass is 137 g/mol. The molecule has 1 amide bonds. The number of carbonyl (C=O) groups excluding carboxylic acids is 1. The van der Waals surface area contributed by atoms with Crippen LogP contribution in [0.2, 0.25) is 0 Å². The number of nitrogens with one attached hydrogen (secondary N) is 1. The molecule has 0 fully saturated rings. The first-order valence-electron chi connectivity index (χ1n) is 1.90. The van der Waals surface area contributed by atoms with E-state index in [1.54, 1.807) is 6.41 Å². The third kappa shape index (κ3) is 10.7. The van der Waals surface area contributed by atoms with Crippen LogP contribution in [0.15, 0.2) is 0 Å². The summed E-state index contributed by atoms with van der Waals surface area (Å²) in [5.41, 5.74) is 0. The molecule has 0 saturated carbocycles. The molecule has 0 atom stereocenters. The van der Waals surface area contributed by atoms with Gasteiger partial charge in [-0.2, -0.15) is 6.41 Å². The van der Waals surface area contributed by atoms with Gasteiger partial charge < -0.3 is 10.1 Å². The van der Waals surface area contributed by atoms with Gasteiger partial charge in [0, 0.05) is 18.6 Å². The minimum absolute atomic E-state index is 0. The first-order valence-corrected chi connectivity index (χ1v) is 1.90. The summed E-state index contributed by atoms with van der Waals surface area (Å²) < 4.78 is 0. The molecule has 0 aliphatic heterocycles. The minimum Gasteiger partial charge on any atom is -0.528 e. The Kier molecular flexibility index (Phi) is 8.75. The predicted molar refractivity (Wildman–Crippen MR) is 24.0 cm³/mol. The van der Waals surface area contributed by atoms with Crippen LogP contribution in [0, 0.1) is 0 Å². The Hall–Kier alpha value is 0.0544. The van der Waals surface area contributed by atoms with Gasteiger partial charge in [0.15, 0.2) is 0 Å². The Balaban J connectivity index is 0. The summed E-state index contributed by atoms with van der Waals surface area (Å²) in [7, 11) is 0. The smallest absolute Gasteiger partial charge is 0 e. The fourth-order valence-electron chi connectivity index (χ4n) is 0.118. The molecule has 0 aromatic carbocycles. The summed E-state index contributed by atoms with van der Waals surface area (Å²) in [5.74, 6) is 0. The average molecular weight is 137 g/mol. The molecule has 0 aliphatic carbocycles. The van der Waals surface area contributed by atoms with E-state index in [1.807, 2.05) is 13.8 Å². The second-order valence-corrected chi connectivity index (χ2v) is 1.40. The summed E-state index contributed by atoms with van der Waals surface area (Å²) in [5, 5.41) is 2.40. The second kappa shape index (κ2) is 6.05. The molecular weight excluding hydrogens is 129 g/mol. The van der Waals surface area contributed by atoms with Crippen molar-refractivity contribution in [3.8, 4) is 0 Å². The van der Waals surface area contributed by atoms with Crippen molar-refractivity contribution in [2.24, 2.45) is 0 Å². The fraction of sp³-hybridized carbons (Fsp3) is 0.750. The van der Waals surface area contributed by atoms with E-state index >= 15 is 0 Å². The van der Waals surface area contributed by atoms with E-state index in [2.05, 4.69) is 5.32 Å².